The average Bonchev–Trinajstić information content (AvgIpc) is 3.30. The average molecular weight is 396 g/mol. The number of hydrogen-bond donors (Lipinski definition) is 0. The first-order valence-electron chi connectivity index (χ1n) is 8.28. The second kappa shape index (κ2) is 7.50. The number of aromatic nitrogens is 4. The van der Waals surface area contributed by atoms with E-state index in [1.807, 2.05) is 36.4 Å². The third-order valence-electron chi connectivity index (χ3n) is 3.88. The van der Waals surface area contributed by atoms with Crippen LogP contribution in [0.4, 0.5) is 0 Å². The minimum absolute atomic E-state index is 0.0671. The number of nitrogens with zero attached hydrogens (tertiary/aromatic N) is 4. The number of fused-ring (bicyclic) bond motifs is 1. The molecule has 0 amide bonds. The first-order chi connectivity index (χ1) is 13.2. The van der Waals surface area contributed by atoms with E-state index in [0.29, 0.717) is 34.6 Å². The summed E-state index contributed by atoms with van der Waals surface area (Å²) in [6.07, 6.45) is 1.69. The zero-order valence-corrected chi connectivity index (χ0v) is 16.2. The third-order valence-corrected chi connectivity index (χ3v) is 5.92. The molecule has 0 spiro atoms. The van der Waals surface area contributed by atoms with Crippen molar-refractivity contribution < 1.29 is 4.52 Å². The summed E-state index contributed by atoms with van der Waals surface area (Å²) in [5.74, 6) is 1.55. The molecular formula is C19H16N4O2S2. The fourth-order valence-corrected chi connectivity index (χ4v) is 4.59. The number of hydrogen-bond acceptors (Lipinski definition) is 7. The maximum Gasteiger partial charge on any atom is 0.263 e. The van der Waals surface area contributed by atoms with Crippen molar-refractivity contribution in [3.8, 4) is 10.4 Å². The van der Waals surface area contributed by atoms with Gasteiger partial charge in [0.1, 0.15) is 4.83 Å². The van der Waals surface area contributed by atoms with Gasteiger partial charge in [0.05, 0.1) is 11.1 Å². The van der Waals surface area contributed by atoms with E-state index < -0.39 is 0 Å². The molecule has 0 saturated carbocycles. The fraction of sp³-hybridized carbons (Fsp3) is 0.158. The lowest BCUT2D eigenvalue weighted by Gasteiger charge is -2.08. The van der Waals surface area contributed by atoms with Crippen molar-refractivity contribution in [3.05, 3.63) is 71.1 Å². The van der Waals surface area contributed by atoms with Crippen LogP contribution in [0.2, 0.25) is 0 Å². The highest BCUT2D eigenvalue weighted by atomic mass is 32.2. The van der Waals surface area contributed by atoms with Gasteiger partial charge in [-0.1, -0.05) is 53.3 Å². The summed E-state index contributed by atoms with van der Waals surface area (Å²) in [6, 6.07) is 11.9. The Balaban J connectivity index is 1.76. The summed E-state index contributed by atoms with van der Waals surface area (Å²) >= 11 is 2.92. The van der Waals surface area contributed by atoms with Crippen LogP contribution in [-0.4, -0.2) is 19.7 Å². The molecule has 136 valence electrons. The van der Waals surface area contributed by atoms with Crippen molar-refractivity contribution in [2.45, 2.75) is 24.4 Å². The van der Waals surface area contributed by atoms with Crippen LogP contribution in [0, 0.1) is 6.92 Å². The predicted octanol–water partition coefficient (Wildman–Crippen LogP) is 4.29. The van der Waals surface area contributed by atoms with Gasteiger partial charge in [0.2, 0.25) is 5.89 Å². The van der Waals surface area contributed by atoms with Gasteiger partial charge in [0, 0.05) is 11.4 Å². The van der Waals surface area contributed by atoms with Gasteiger partial charge >= 0.3 is 0 Å². The van der Waals surface area contributed by atoms with Gasteiger partial charge in [0.25, 0.3) is 5.56 Å². The maximum atomic E-state index is 13.0. The zero-order valence-electron chi connectivity index (χ0n) is 14.6. The molecule has 4 aromatic rings. The minimum atomic E-state index is -0.0671. The molecule has 0 aliphatic carbocycles. The van der Waals surface area contributed by atoms with Crippen LogP contribution in [0.1, 0.15) is 11.7 Å². The smallest absolute Gasteiger partial charge is 0.263 e. The number of benzene rings is 1. The van der Waals surface area contributed by atoms with Gasteiger partial charge in [0.15, 0.2) is 11.0 Å². The highest BCUT2D eigenvalue weighted by molar-refractivity contribution is 7.98. The number of rotatable bonds is 6. The monoisotopic (exact) mass is 396 g/mol. The molecule has 0 radical (unpaired) electrons. The largest absolute Gasteiger partial charge is 0.338 e. The molecule has 0 bridgehead atoms. The van der Waals surface area contributed by atoms with Crippen LogP contribution in [0.5, 0.6) is 0 Å². The number of thiophene rings is 1. The molecule has 27 heavy (non-hydrogen) atoms. The molecule has 3 heterocycles. The Bertz CT molecular complexity index is 1160. The first-order valence-corrected chi connectivity index (χ1v) is 10.1. The van der Waals surface area contributed by atoms with E-state index in [-0.39, 0.29) is 5.56 Å². The molecular weight excluding hydrogens is 380 g/mol. The minimum Gasteiger partial charge on any atom is -0.338 e. The first kappa shape index (κ1) is 17.7. The Morgan fingerprint density at radius 2 is 2.11 bits per heavy atom. The summed E-state index contributed by atoms with van der Waals surface area (Å²) in [5.41, 5.74) is 1.01. The van der Waals surface area contributed by atoms with Crippen LogP contribution in [0.15, 0.2) is 63.5 Å². The lowest BCUT2D eigenvalue weighted by molar-refractivity contribution is 0.387. The maximum absolute atomic E-state index is 13.0. The van der Waals surface area contributed by atoms with E-state index in [9.17, 15) is 4.79 Å². The van der Waals surface area contributed by atoms with Crippen molar-refractivity contribution >= 4 is 33.3 Å². The molecule has 0 unspecified atom stereocenters. The topological polar surface area (TPSA) is 73.8 Å². The molecule has 0 aliphatic rings. The van der Waals surface area contributed by atoms with Crippen LogP contribution >= 0.6 is 23.1 Å². The molecule has 0 aliphatic heterocycles. The van der Waals surface area contributed by atoms with E-state index in [1.54, 1.807) is 17.6 Å². The fourth-order valence-electron chi connectivity index (χ4n) is 2.67. The second-order valence-corrected chi connectivity index (χ2v) is 7.79. The van der Waals surface area contributed by atoms with Gasteiger partial charge in [-0.3, -0.25) is 9.36 Å². The van der Waals surface area contributed by atoms with E-state index in [1.165, 1.54) is 23.1 Å². The van der Waals surface area contributed by atoms with Crippen molar-refractivity contribution in [3.63, 3.8) is 0 Å². The molecule has 1 aromatic carbocycles. The van der Waals surface area contributed by atoms with E-state index in [0.717, 1.165) is 15.3 Å². The molecule has 4 rings (SSSR count). The molecule has 0 N–H and O–H groups in total. The van der Waals surface area contributed by atoms with Gasteiger partial charge in [-0.2, -0.15) is 4.98 Å². The van der Waals surface area contributed by atoms with Gasteiger partial charge in [-0.15, -0.1) is 17.9 Å². The lowest BCUT2D eigenvalue weighted by Crippen LogP contribution is -2.22. The highest BCUT2D eigenvalue weighted by Gasteiger charge is 2.16. The van der Waals surface area contributed by atoms with E-state index >= 15 is 0 Å². The van der Waals surface area contributed by atoms with Crippen molar-refractivity contribution in [2.24, 2.45) is 0 Å². The van der Waals surface area contributed by atoms with Crippen molar-refractivity contribution in [2.75, 3.05) is 0 Å². The second-order valence-electron chi connectivity index (χ2n) is 5.82. The van der Waals surface area contributed by atoms with Gasteiger partial charge in [-0.25, -0.2) is 4.98 Å². The Morgan fingerprint density at radius 1 is 1.30 bits per heavy atom. The normalized spacial score (nSPS) is 11.1. The van der Waals surface area contributed by atoms with Crippen LogP contribution in [-0.2, 0) is 12.3 Å². The summed E-state index contributed by atoms with van der Waals surface area (Å²) in [7, 11) is 0. The van der Waals surface area contributed by atoms with Crippen molar-refractivity contribution in [1.82, 2.24) is 19.7 Å². The highest BCUT2D eigenvalue weighted by Crippen LogP contribution is 2.32. The number of aryl methyl sites for hydroxylation is 1. The van der Waals surface area contributed by atoms with Gasteiger partial charge in [-0.05, 0) is 18.6 Å². The van der Waals surface area contributed by atoms with Crippen LogP contribution < -0.4 is 5.56 Å². The molecule has 8 heteroatoms. The molecule has 0 atom stereocenters. The summed E-state index contributed by atoms with van der Waals surface area (Å²) < 4.78 is 6.78. The Morgan fingerprint density at radius 3 is 2.81 bits per heavy atom. The van der Waals surface area contributed by atoms with E-state index in [4.69, 9.17) is 9.51 Å². The summed E-state index contributed by atoms with van der Waals surface area (Å²) in [5, 5.41) is 5.03. The number of thioether (sulfide) groups is 1. The Hall–Kier alpha value is -2.71. The summed E-state index contributed by atoms with van der Waals surface area (Å²) in [6.45, 7) is 5.92. The van der Waals surface area contributed by atoms with Crippen LogP contribution in [0.25, 0.3) is 20.7 Å². The Labute approximate surface area is 163 Å². The Kier molecular flexibility index (Phi) is 4.91. The standard InChI is InChI=1S/C19H16N4O2S2/c1-3-9-23-18(24)14-10-15(13-7-5-4-6-8-13)27-17(14)21-19(23)26-11-16-20-12(2)22-25-16/h3-8,10H,1,9,11H2,2H3. The van der Waals surface area contributed by atoms with Gasteiger partial charge < -0.3 is 4.52 Å². The lowest BCUT2D eigenvalue weighted by atomic mass is 10.2. The molecule has 0 saturated heterocycles. The summed E-state index contributed by atoms with van der Waals surface area (Å²) in [4.78, 5) is 23.7. The third kappa shape index (κ3) is 3.58. The SMILES string of the molecule is C=CCn1c(SCc2nc(C)no2)nc2sc(-c3ccccc3)cc2c1=O. The van der Waals surface area contributed by atoms with Crippen LogP contribution in [0.3, 0.4) is 0 Å². The van der Waals surface area contributed by atoms with E-state index in [2.05, 4.69) is 16.7 Å². The quantitative estimate of drug-likeness (QED) is 0.275. The molecule has 6 nitrogen and oxygen atoms in total. The zero-order chi connectivity index (χ0) is 18.8. The molecule has 0 fully saturated rings. The number of allylic oxidation sites excluding steroid dienone is 1. The molecule has 3 aromatic heterocycles. The van der Waals surface area contributed by atoms with Crippen molar-refractivity contribution in [1.29, 1.82) is 0 Å². The predicted molar refractivity (Wildman–Crippen MR) is 108 cm³/mol.